The summed E-state index contributed by atoms with van der Waals surface area (Å²) in [5, 5.41) is 0. The standard InChI is InChI=1S/C15H28NO2.C14H30NO2.C14H26NO2.C13H28NO2.C12H22NO2.C11H24NO2.C9H16NO2.C8H18NO2/c1-5-9-12-16(8-4,11-7-3)13-14-18-15(17)10-6-2;1-6-9-11-15(8-3,10-7-2)12-13(4)17-14(5)16;1-5-9-14(16)17-13-12-15(8-4,10-6-2)11-7-3;1-6-9-14(8-3,10-7-2)11-12(4)16-13(5)15;1-5-9-12(14)15-11-10-13(6-2,7-3)8-4;1-6-12(7-2,8-3)9-10(4)14-11(5)13;1-5-6-9(11)12-8-7-10(2,3)4;1-7(11-8(2)10)6-9(3,4)5/h5,7-9,11-14H2,1-4H3;13H,6-12H2,1-5H3;6-8,10-13H2,1-4H3;12H,6-11H2,1-5H3;6-8,10-11H2,1-4H3;10H,6-9H2,1-5H3;7-8H2,1-4H3;7H,6H2,1-5H3/q8*+1. The molecule has 0 heterocycles. The maximum absolute atomic E-state index is 11.2. The number of rotatable bonds is 52. The zero-order valence-corrected chi connectivity index (χ0v) is 84.7. The smallest absolute Gasteiger partial charge is 0.384 e. The summed E-state index contributed by atoms with van der Waals surface area (Å²) in [5.74, 6) is 17.2. The molecule has 0 aliphatic heterocycles. The Hall–Kier alpha value is -6.32. The molecule has 0 aliphatic rings. The van der Waals surface area contributed by atoms with Gasteiger partial charge in [-0.1, -0.05) is 91.9 Å². The van der Waals surface area contributed by atoms with Gasteiger partial charge in [0.1, 0.15) is 103 Å². The van der Waals surface area contributed by atoms with Crippen LogP contribution < -0.4 is 0 Å². The lowest BCUT2D eigenvalue weighted by Crippen LogP contribution is -2.53. The van der Waals surface area contributed by atoms with Crippen LogP contribution in [0.2, 0.25) is 0 Å². The van der Waals surface area contributed by atoms with Gasteiger partial charge < -0.3 is 73.8 Å². The number of ether oxygens (including phenoxy) is 8. The molecule has 704 valence electrons. The number of nitrogens with zero attached hydrogens (tertiary/aromatic N) is 8. The molecule has 24 nitrogen and oxygen atoms in total. The van der Waals surface area contributed by atoms with Crippen LogP contribution in [0.1, 0.15) is 272 Å². The van der Waals surface area contributed by atoms with E-state index in [1.165, 1.54) is 112 Å². The molecule has 120 heavy (non-hydrogen) atoms. The summed E-state index contributed by atoms with van der Waals surface area (Å²) in [5.41, 5.74) is 0. The van der Waals surface area contributed by atoms with Crippen LogP contribution in [0, 0.1) is 47.4 Å². The quantitative estimate of drug-likeness (QED) is 0.0182. The van der Waals surface area contributed by atoms with Gasteiger partial charge in [-0.05, 0) is 176 Å². The zero-order valence-electron chi connectivity index (χ0n) is 84.7. The first kappa shape index (κ1) is 129. The Balaban J connectivity index is -0.000000200. The van der Waals surface area contributed by atoms with E-state index in [9.17, 15) is 38.4 Å². The molecule has 6 atom stereocenters. The summed E-state index contributed by atoms with van der Waals surface area (Å²) in [4.78, 5) is 87.2. The molecule has 24 heteroatoms. The number of esters is 8. The van der Waals surface area contributed by atoms with Crippen molar-refractivity contribution in [3.05, 3.63) is 0 Å². The van der Waals surface area contributed by atoms with Gasteiger partial charge >= 0.3 is 47.8 Å². The van der Waals surface area contributed by atoms with Gasteiger partial charge in [-0.2, -0.15) is 0 Å². The second kappa shape index (κ2) is 78.6. The van der Waals surface area contributed by atoms with Gasteiger partial charge in [0.05, 0.1) is 160 Å². The SMILES string of the molecule is CC#CC(=O)OCC[N+](C)(C)C.CC#CC(=O)OCC[N+](CC)(CC)CC.CC#CC(=O)OCC[N+](CC)(CCC)CCC.CC#CC(=O)OCC[N+](CC)(CCC)CCCC.CC(=O)OC(C)C[N+](C)(C)C.CCCC[N+](CC)(CCC)CC(C)OC(C)=O.CCC[N+](CC)(CCC)CC(C)OC(C)=O.CC[N+](CC)(CC)CC(C)OC(C)=O. The van der Waals surface area contributed by atoms with Gasteiger partial charge in [0, 0.05) is 51.4 Å². The summed E-state index contributed by atoms with van der Waals surface area (Å²) >= 11 is 0. The highest BCUT2D eigenvalue weighted by molar-refractivity contribution is 5.89. The molecule has 0 spiro atoms. The molecular weight excluding hydrogens is 1520 g/mol. The third kappa shape index (κ3) is 76.6. The lowest BCUT2D eigenvalue weighted by Gasteiger charge is -2.39. The fraction of sp³-hybridized carbons (Fsp3) is 0.833. The van der Waals surface area contributed by atoms with Gasteiger partial charge in [0.25, 0.3) is 0 Å². The largest absolute Gasteiger partial charge is 0.457 e. The molecule has 0 saturated carbocycles. The highest BCUT2D eigenvalue weighted by Gasteiger charge is 2.31. The van der Waals surface area contributed by atoms with E-state index in [1.54, 1.807) is 27.7 Å². The van der Waals surface area contributed by atoms with Crippen molar-refractivity contribution < 1.29 is 112 Å². The van der Waals surface area contributed by atoms with E-state index in [1.807, 2.05) is 48.8 Å². The Bertz CT molecular complexity index is 2870. The molecule has 0 N–H and O–H groups in total. The van der Waals surface area contributed by atoms with Crippen LogP contribution in [-0.4, -0.2) is 347 Å². The number of hydrogen-bond donors (Lipinski definition) is 0. The van der Waals surface area contributed by atoms with E-state index in [0.717, 1.165) is 186 Å². The average molecular weight is 1710 g/mol. The lowest BCUT2D eigenvalue weighted by molar-refractivity contribution is -0.929. The second-order valence-electron chi connectivity index (χ2n) is 33.6. The molecular formula is C96H192N8O16+8. The predicted octanol–water partition coefficient (Wildman–Crippen LogP) is 14.5. The molecule has 0 amide bonds. The molecule has 0 aromatic carbocycles. The number of carbonyl (C=O) groups excluding carboxylic acids is 8. The van der Waals surface area contributed by atoms with Crippen molar-refractivity contribution in [1.82, 2.24) is 0 Å². The van der Waals surface area contributed by atoms with Gasteiger partial charge in [0.2, 0.25) is 0 Å². The van der Waals surface area contributed by atoms with Gasteiger partial charge in [-0.3, -0.25) is 19.2 Å². The van der Waals surface area contributed by atoms with Gasteiger partial charge in [-0.15, -0.1) is 0 Å². The molecule has 0 aromatic rings. The van der Waals surface area contributed by atoms with Crippen molar-refractivity contribution in [3.63, 3.8) is 0 Å². The number of likely N-dealkylation sites (N-methyl/N-ethyl adjacent to an activating group) is 8. The van der Waals surface area contributed by atoms with E-state index >= 15 is 0 Å². The summed E-state index contributed by atoms with van der Waals surface area (Å²) in [7, 11) is 12.3. The van der Waals surface area contributed by atoms with Crippen LogP contribution in [0.5, 0.6) is 0 Å². The summed E-state index contributed by atoms with van der Waals surface area (Å²) in [6, 6.07) is 0. The number of quaternary nitrogens is 8. The number of hydrogen-bond acceptors (Lipinski definition) is 16. The average Bonchev–Trinajstić information content (AvgIpc) is 0.876. The summed E-state index contributed by atoms with van der Waals surface area (Å²) in [6.45, 7) is 89.3. The van der Waals surface area contributed by atoms with E-state index in [2.05, 4.69) is 193 Å². The Labute approximate surface area is 738 Å². The third-order valence-corrected chi connectivity index (χ3v) is 21.4. The fourth-order valence-electron chi connectivity index (χ4n) is 14.8. The highest BCUT2D eigenvalue weighted by atomic mass is 16.6. The molecule has 0 fully saturated rings. The molecule has 0 rings (SSSR count). The normalized spacial score (nSPS) is 12.8. The van der Waals surface area contributed by atoms with Crippen molar-refractivity contribution in [2.45, 2.75) is 296 Å². The maximum Gasteiger partial charge on any atom is 0.384 e. The molecule has 0 radical (unpaired) electrons. The highest BCUT2D eigenvalue weighted by Crippen LogP contribution is 2.17. The topological polar surface area (TPSA) is 210 Å². The first-order chi connectivity index (χ1) is 56.2. The van der Waals surface area contributed by atoms with Crippen molar-refractivity contribution in [3.8, 4) is 47.4 Å². The first-order valence-electron chi connectivity index (χ1n) is 45.9. The Morgan fingerprint density at radius 3 is 0.650 bits per heavy atom. The van der Waals surface area contributed by atoms with Crippen LogP contribution in [0.25, 0.3) is 0 Å². The fourth-order valence-corrected chi connectivity index (χ4v) is 14.8. The Morgan fingerprint density at radius 2 is 0.442 bits per heavy atom. The van der Waals surface area contributed by atoms with Crippen molar-refractivity contribution in [1.29, 1.82) is 0 Å². The Morgan fingerprint density at radius 1 is 0.242 bits per heavy atom. The third-order valence-electron chi connectivity index (χ3n) is 21.4. The minimum atomic E-state index is -0.439. The number of unbranched alkanes of at least 4 members (excludes halogenated alkanes) is 2. The van der Waals surface area contributed by atoms with Crippen molar-refractivity contribution in [2.75, 3.05) is 239 Å². The van der Waals surface area contributed by atoms with Crippen LogP contribution >= 0.6 is 0 Å². The lowest BCUT2D eigenvalue weighted by atomic mass is 10.2. The maximum atomic E-state index is 11.2. The molecule has 6 unspecified atom stereocenters. The van der Waals surface area contributed by atoms with E-state index < -0.39 is 23.9 Å². The minimum absolute atomic E-state index is 0.00694. The number of carbonyl (C=O) groups is 8. The second-order valence-corrected chi connectivity index (χ2v) is 33.6. The van der Waals surface area contributed by atoms with Crippen molar-refractivity contribution >= 4 is 47.8 Å². The Kier molecular flexibility index (Phi) is 84.7. The van der Waals surface area contributed by atoms with E-state index in [0.29, 0.717) is 26.4 Å². The minimum Gasteiger partial charge on any atom is -0.457 e. The van der Waals surface area contributed by atoms with Crippen LogP contribution in [0.3, 0.4) is 0 Å². The van der Waals surface area contributed by atoms with Gasteiger partial charge in [-0.25, -0.2) is 19.2 Å². The van der Waals surface area contributed by atoms with Gasteiger partial charge in [0.15, 0.2) is 0 Å². The molecule has 0 aromatic heterocycles. The van der Waals surface area contributed by atoms with Crippen LogP contribution in [0.4, 0.5) is 0 Å². The predicted molar refractivity (Wildman–Crippen MR) is 495 cm³/mol. The molecule has 0 bridgehead atoms. The van der Waals surface area contributed by atoms with E-state index in [-0.39, 0.29) is 48.3 Å². The first-order valence-corrected chi connectivity index (χ1v) is 45.9. The van der Waals surface area contributed by atoms with Crippen LogP contribution in [0.15, 0.2) is 0 Å². The van der Waals surface area contributed by atoms with E-state index in [4.69, 9.17) is 37.9 Å². The zero-order chi connectivity index (χ0) is 94.5. The van der Waals surface area contributed by atoms with Crippen LogP contribution in [-0.2, 0) is 76.3 Å². The molecule has 0 aliphatic carbocycles. The van der Waals surface area contributed by atoms with Crippen molar-refractivity contribution in [2.24, 2.45) is 0 Å². The summed E-state index contributed by atoms with van der Waals surface area (Å²) in [6.07, 6.45) is 12.0. The summed E-state index contributed by atoms with van der Waals surface area (Å²) < 4.78 is 48.6. The molecule has 0 saturated heterocycles. The monoisotopic (exact) mass is 1710 g/mol.